The van der Waals surface area contributed by atoms with Crippen LogP contribution in [0.3, 0.4) is 0 Å². The summed E-state index contributed by atoms with van der Waals surface area (Å²) in [6.45, 7) is 5.40. The van der Waals surface area contributed by atoms with E-state index in [1.54, 1.807) is 62.4 Å². The zero-order chi connectivity index (χ0) is 26.6. The monoisotopic (exact) mass is 495 g/mol. The predicted octanol–water partition coefficient (Wildman–Crippen LogP) is 5.43. The van der Waals surface area contributed by atoms with Gasteiger partial charge in [-0.15, -0.1) is 0 Å². The summed E-state index contributed by atoms with van der Waals surface area (Å²) in [5.41, 5.74) is 2.54. The van der Waals surface area contributed by atoms with E-state index < -0.39 is 5.41 Å². The molecule has 3 N–H and O–H groups in total. The van der Waals surface area contributed by atoms with Crippen molar-refractivity contribution in [3.05, 3.63) is 83.0 Å². The fourth-order valence-electron chi connectivity index (χ4n) is 3.90. The summed E-state index contributed by atoms with van der Waals surface area (Å²) in [6.07, 6.45) is 4.38. The van der Waals surface area contributed by atoms with Crippen LogP contribution in [0.25, 0.3) is 0 Å². The van der Waals surface area contributed by atoms with Crippen LogP contribution in [0, 0.1) is 24.2 Å². The molecular formula is C29H29N5O3. The number of nitrogens with one attached hydrogen (secondary N) is 3. The second-order valence-electron chi connectivity index (χ2n) is 9.80. The van der Waals surface area contributed by atoms with Gasteiger partial charge >= 0.3 is 0 Å². The van der Waals surface area contributed by atoms with E-state index in [0.29, 0.717) is 28.3 Å². The van der Waals surface area contributed by atoms with Gasteiger partial charge in [0.2, 0.25) is 5.91 Å². The Kier molecular flexibility index (Phi) is 7.35. The minimum atomic E-state index is -0.722. The van der Waals surface area contributed by atoms with Crippen molar-refractivity contribution in [3.63, 3.8) is 0 Å². The number of pyridine rings is 1. The molecular weight excluding hydrogens is 466 g/mol. The van der Waals surface area contributed by atoms with Crippen LogP contribution < -0.4 is 16.0 Å². The van der Waals surface area contributed by atoms with Crippen molar-refractivity contribution in [3.8, 4) is 6.07 Å². The SMILES string of the molecule is Cc1ccc(NC(=O)c2cccc(C(C)(C)C#N)c2)cc1C(=O)Nc1ccc(NC(=O)C2CCC2)nc1. The van der Waals surface area contributed by atoms with Crippen molar-refractivity contribution < 1.29 is 14.4 Å². The van der Waals surface area contributed by atoms with Gasteiger partial charge in [0.1, 0.15) is 5.82 Å². The molecule has 1 aliphatic carbocycles. The Balaban J connectivity index is 1.43. The Bertz CT molecular complexity index is 1390. The Hall–Kier alpha value is -4.51. The number of carbonyl (C=O) groups excluding carboxylic acids is 3. The number of nitriles is 1. The number of aromatic nitrogens is 1. The summed E-state index contributed by atoms with van der Waals surface area (Å²) in [5.74, 6) is -0.206. The van der Waals surface area contributed by atoms with E-state index in [1.165, 1.54) is 6.20 Å². The summed E-state index contributed by atoms with van der Waals surface area (Å²) < 4.78 is 0. The van der Waals surface area contributed by atoms with Crippen molar-refractivity contribution in [2.24, 2.45) is 5.92 Å². The van der Waals surface area contributed by atoms with Crippen molar-refractivity contribution in [2.75, 3.05) is 16.0 Å². The molecule has 3 aromatic rings. The number of rotatable bonds is 7. The van der Waals surface area contributed by atoms with Gasteiger partial charge < -0.3 is 16.0 Å². The summed E-state index contributed by atoms with van der Waals surface area (Å²) in [7, 11) is 0. The summed E-state index contributed by atoms with van der Waals surface area (Å²) in [5, 5.41) is 17.8. The third-order valence-corrected chi connectivity index (χ3v) is 6.61. The molecule has 3 amide bonds. The van der Waals surface area contributed by atoms with Crippen LogP contribution in [0.1, 0.15) is 65.0 Å². The molecule has 0 unspecified atom stereocenters. The first kappa shape index (κ1) is 25.6. The molecule has 8 heteroatoms. The van der Waals surface area contributed by atoms with Gasteiger partial charge in [0.25, 0.3) is 11.8 Å². The molecule has 0 aliphatic heterocycles. The fraction of sp³-hybridized carbons (Fsp3) is 0.276. The molecule has 1 saturated carbocycles. The molecule has 1 fully saturated rings. The van der Waals surface area contributed by atoms with Crippen molar-refractivity contribution in [1.82, 2.24) is 4.98 Å². The van der Waals surface area contributed by atoms with E-state index in [2.05, 4.69) is 27.0 Å². The van der Waals surface area contributed by atoms with E-state index in [-0.39, 0.29) is 23.6 Å². The van der Waals surface area contributed by atoms with E-state index in [1.807, 2.05) is 13.0 Å². The number of benzene rings is 2. The van der Waals surface area contributed by atoms with Crippen LogP contribution in [0.4, 0.5) is 17.2 Å². The highest BCUT2D eigenvalue weighted by molar-refractivity contribution is 6.08. The van der Waals surface area contributed by atoms with Crippen LogP contribution >= 0.6 is 0 Å². The van der Waals surface area contributed by atoms with Gasteiger partial charge in [0, 0.05) is 22.7 Å². The summed E-state index contributed by atoms with van der Waals surface area (Å²) >= 11 is 0. The number of anilines is 3. The van der Waals surface area contributed by atoms with Crippen LogP contribution in [0.5, 0.6) is 0 Å². The maximum Gasteiger partial charge on any atom is 0.256 e. The van der Waals surface area contributed by atoms with Crippen LogP contribution in [0.15, 0.2) is 60.8 Å². The minimum Gasteiger partial charge on any atom is -0.322 e. The van der Waals surface area contributed by atoms with Gasteiger partial charge in [-0.1, -0.05) is 24.6 Å². The van der Waals surface area contributed by atoms with E-state index in [4.69, 9.17) is 0 Å². The molecule has 188 valence electrons. The second kappa shape index (κ2) is 10.6. The first-order valence-corrected chi connectivity index (χ1v) is 12.2. The van der Waals surface area contributed by atoms with Gasteiger partial charge in [-0.3, -0.25) is 14.4 Å². The highest BCUT2D eigenvalue weighted by atomic mass is 16.2. The standard InChI is InChI=1S/C29H29N5O3/c1-18-10-11-22(32-27(36)20-8-5-9-21(14-20)29(2,3)17-30)15-24(18)28(37)33-23-12-13-25(31-16-23)34-26(35)19-6-4-7-19/h5,8-16,19H,4,6-7H2,1-3H3,(H,32,36)(H,33,37)(H,31,34,35). The quantitative estimate of drug-likeness (QED) is 0.403. The van der Waals surface area contributed by atoms with Gasteiger partial charge in [0.15, 0.2) is 0 Å². The van der Waals surface area contributed by atoms with Crippen molar-refractivity contribution >= 4 is 34.9 Å². The van der Waals surface area contributed by atoms with Crippen molar-refractivity contribution in [1.29, 1.82) is 5.26 Å². The van der Waals surface area contributed by atoms with Gasteiger partial charge in [-0.2, -0.15) is 5.26 Å². The van der Waals surface area contributed by atoms with E-state index in [9.17, 15) is 19.6 Å². The first-order valence-electron chi connectivity index (χ1n) is 12.2. The average Bonchev–Trinajstić information content (AvgIpc) is 2.85. The van der Waals surface area contributed by atoms with E-state index >= 15 is 0 Å². The molecule has 8 nitrogen and oxygen atoms in total. The average molecular weight is 496 g/mol. The summed E-state index contributed by atoms with van der Waals surface area (Å²) in [4.78, 5) is 42.2. The number of aryl methyl sites for hydroxylation is 1. The molecule has 0 bridgehead atoms. The molecule has 0 saturated heterocycles. The summed E-state index contributed by atoms with van der Waals surface area (Å²) in [6, 6.07) is 17.6. The van der Waals surface area contributed by atoms with Gasteiger partial charge in [-0.25, -0.2) is 4.98 Å². The number of hydrogen-bond donors (Lipinski definition) is 3. The Morgan fingerprint density at radius 3 is 2.32 bits per heavy atom. The van der Waals surface area contributed by atoms with Crippen LogP contribution in [-0.2, 0) is 10.2 Å². The largest absolute Gasteiger partial charge is 0.322 e. The highest BCUT2D eigenvalue weighted by Crippen LogP contribution is 2.27. The minimum absolute atomic E-state index is 0.0227. The third kappa shape index (κ3) is 6.01. The predicted molar refractivity (Wildman–Crippen MR) is 142 cm³/mol. The third-order valence-electron chi connectivity index (χ3n) is 6.61. The normalized spacial score (nSPS) is 13.1. The lowest BCUT2D eigenvalue weighted by Gasteiger charge is -2.23. The highest BCUT2D eigenvalue weighted by Gasteiger charge is 2.25. The Labute approximate surface area is 216 Å². The molecule has 4 rings (SSSR count). The Morgan fingerprint density at radius 2 is 1.68 bits per heavy atom. The first-order chi connectivity index (χ1) is 17.7. The molecule has 1 heterocycles. The van der Waals surface area contributed by atoms with Crippen LogP contribution in [0.2, 0.25) is 0 Å². The molecule has 1 aliphatic rings. The maximum atomic E-state index is 13.0. The van der Waals surface area contributed by atoms with Gasteiger partial charge in [0.05, 0.1) is 23.4 Å². The number of hydrogen-bond acceptors (Lipinski definition) is 5. The smallest absolute Gasteiger partial charge is 0.256 e. The topological polar surface area (TPSA) is 124 Å². The molecule has 0 atom stereocenters. The molecule has 2 aromatic carbocycles. The molecule has 37 heavy (non-hydrogen) atoms. The number of amides is 3. The molecule has 0 radical (unpaired) electrons. The zero-order valence-corrected chi connectivity index (χ0v) is 21.1. The maximum absolute atomic E-state index is 13.0. The number of nitrogens with zero attached hydrogens (tertiary/aromatic N) is 2. The molecule has 0 spiro atoms. The number of carbonyl (C=O) groups is 3. The lowest BCUT2D eigenvalue weighted by Crippen LogP contribution is -2.28. The Morgan fingerprint density at radius 1 is 0.946 bits per heavy atom. The fourth-order valence-corrected chi connectivity index (χ4v) is 3.90. The van der Waals surface area contributed by atoms with Crippen LogP contribution in [-0.4, -0.2) is 22.7 Å². The van der Waals surface area contributed by atoms with Gasteiger partial charge in [-0.05, 0) is 81.1 Å². The second-order valence-corrected chi connectivity index (χ2v) is 9.80. The lowest BCUT2D eigenvalue weighted by molar-refractivity contribution is -0.122. The van der Waals surface area contributed by atoms with Crippen molar-refractivity contribution in [2.45, 2.75) is 45.4 Å². The van der Waals surface area contributed by atoms with E-state index in [0.717, 1.165) is 30.4 Å². The zero-order valence-electron chi connectivity index (χ0n) is 21.1. The molecule has 1 aromatic heterocycles. The lowest BCUT2D eigenvalue weighted by atomic mass is 9.85.